The minimum absolute atomic E-state index is 0.151. The molecule has 0 heterocycles. The van der Waals surface area contributed by atoms with Gasteiger partial charge in [0.05, 0.1) is 7.11 Å². The molecule has 1 rings (SSSR count). The molecule has 2 N–H and O–H groups in total. The van der Waals surface area contributed by atoms with Crippen LogP contribution in [0.4, 0.5) is 0 Å². The lowest BCUT2D eigenvalue weighted by atomic mass is 9.98. The molecule has 0 radical (unpaired) electrons. The van der Waals surface area contributed by atoms with Crippen molar-refractivity contribution in [2.45, 2.75) is 39.7 Å². The molecule has 0 aliphatic carbocycles. The second-order valence-electron chi connectivity index (χ2n) is 4.08. The summed E-state index contributed by atoms with van der Waals surface area (Å²) < 4.78 is 5.33. The highest BCUT2D eigenvalue weighted by Gasteiger charge is 2.09. The smallest absolute Gasteiger partial charge is 0.124 e. The Bertz CT molecular complexity index is 310. The number of methoxy groups -OCH3 is 1. The zero-order valence-corrected chi connectivity index (χ0v) is 10.1. The molecule has 1 atom stereocenters. The van der Waals surface area contributed by atoms with E-state index < -0.39 is 0 Å². The lowest BCUT2D eigenvalue weighted by Crippen LogP contribution is -2.10. The number of hydrogen-bond donors (Lipinski definition) is 1. The van der Waals surface area contributed by atoms with Gasteiger partial charge in [0.15, 0.2) is 0 Å². The molecular weight excluding hydrogens is 186 g/mol. The molecule has 0 saturated carbocycles. The van der Waals surface area contributed by atoms with Crippen molar-refractivity contribution < 1.29 is 4.74 Å². The summed E-state index contributed by atoms with van der Waals surface area (Å²) in [6, 6.07) is 4.41. The molecule has 0 aromatic heterocycles. The van der Waals surface area contributed by atoms with E-state index in [0.29, 0.717) is 0 Å². The predicted octanol–water partition coefficient (Wildman–Crippen LogP) is 3.11. The van der Waals surface area contributed by atoms with E-state index >= 15 is 0 Å². The summed E-state index contributed by atoms with van der Waals surface area (Å²) in [5.74, 6) is 0.974. The van der Waals surface area contributed by atoms with Crippen molar-refractivity contribution in [1.82, 2.24) is 0 Å². The van der Waals surface area contributed by atoms with Gasteiger partial charge in [0, 0.05) is 6.04 Å². The second-order valence-corrected chi connectivity index (χ2v) is 4.08. The molecule has 15 heavy (non-hydrogen) atoms. The molecule has 2 nitrogen and oxygen atoms in total. The maximum Gasteiger partial charge on any atom is 0.124 e. The van der Waals surface area contributed by atoms with Crippen molar-refractivity contribution in [1.29, 1.82) is 0 Å². The Morgan fingerprint density at radius 1 is 1.27 bits per heavy atom. The molecule has 0 aliphatic rings. The SMILES string of the molecule is CCC[C@@H](N)c1cc(C)c(OC)c(C)c1. The molecular formula is C13H21NO. The summed E-state index contributed by atoms with van der Waals surface area (Å²) in [7, 11) is 1.71. The summed E-state index contributed by atoms with van der Waals surface area (Å²) in [6.07, 6.45) is 2.15. The van der Waals surface area contributed by atoms with Crippen LogP contribution < -0.4 is 10.5 Å². The van der Waals surface area contributed by atoms with Gasteiger partial charge in [-0.1, -0.05) is 25.5 Å². The zero-order valence-electron chi connectivity index (χ0n) is 10.1. The Labute approximate surface area is 92.4 Å². The van der Waals surface area contributed by atoms with E-state index in [1.165, 1.54) is 16.7 Å². The van der Waals surface area contributed by atoms with Crippen LogP contribution in [-0.4, -0.2) is 7.11 Å². The van der Waals surface area contributed by atoms with E-state index in [4.69, 9.17) is 10.5 Å². The van der Waals surface area contributed by atoms with Crippen LogP contribution in [0.3, 0.4) is 0 Å². The number of rotatable bonds is 4. The van der Waals surface area contributed by atoms with Crippen molar-refractivity contribution in [3.63, 3.8) is 0 Å². The maximum absolute atomic E-state index is 6.09. The van der Waals surface area contributed by atoms with Gasteiger partial charge in [-0.05, 0) is 37.0 Å². The molecule has 2 heteroatoms. The summed E-state index contributed by atoms with van der Waals surface area (Å²) in [5.41, 5.74) is 9.64. The fraction of sp³-hybridized carbons (Fsp3) is 0.538. The van der Waals surface area contributed by atoms with Crippen LogP contribution in [0.5, 0.6) is 5.75 Å². The van der Waals surface area contributed by atoms with Gasteiger partial charge in [-0.25, -0.2) is 0 Å². The number of nitrogens with two attached hydrogens (primary N) is 1. The first-order chi connectivity index (χ1) is 7.10. The topological polar surface area (TPSA) is 35.2 Å². The van der Waals surface area contributed by atoms with Gasteiger partial charge in [0.25, 0.3) is 0 Å². The first kappa shape index (κ1) is 12.1. The number of hydrogen-bond acceptors (Lipinski definition) is 2. The molecule has 0 saturated heterocycles. The van der Waals surface area contributed by atoms with Gasteiger partial charge < -0.3 is 10.5 Å². The van der Waals surface area contributed by atoms with E-state index in [1.807, 2.05) is 0 Å². The minimum Gasteiger partial charge on any atom is -0.496 e. The van der Waals surface area contributed by atoms with Gasteiger partial charge in [-0.15, -0.1) is 0 Å². The average molecular weight is 207 g/mol. The van der Waals surface area contributed by atoms with Crippen molar-refractivity contribution in [2.24, 2.45) is 5.73 Å². The highest BCUT2D eigenvalue weighted by Crippen LogP contribution is 2.27. The second kappa shape index (κ2) is 5.17. The molecule has 0 fully saturated rings. The fourth-order valence-electron chi connectivity index (χ4n) is 2.00. The van der Waals surface area contributed by atoms with Gasteiger partial charge in [0.2, 0.25) is 0 Å². The Morgan fingerprint density at radius 2 is 1.80 bits per heavy atom. The summed E-state index contributed by atoms with van der Waals surface area (Å²) in [4.78, 5) is 0. The fourth-order valence-corrected chi connectivity index (χ4v) is 2.00. The van der Waals surface area contributed by atoms with E-state index in [9.17, 15) is 0 Å². The van der Waals surface area contributed by atoms with Crippen molar-refractivity contribution in [3.8, 4) is 5.75 Å². The van der Waals surface area contributed by atoms with E-state index in [1.54, 1.807) is 7.11 Å². The number of ether oxygens (including phenoxy) is 1. The molecule has 84 valence electrons. The van der Waals surface area contributed by atoms with Gasteiger partial charge in [-0.3, -0.25) is 0 Å². The molecule has 0 unspecified atom stereocenters. The van der Waals surface area contributed by atoms with Crippen LogP contribution in [0.1, 0.15) is 42.5 Å². The summed E-state index contributed by atoms with van der Waals surface area (Å²) >= 11 is 0. The van der Waals surface area contributed by atoms with Crippen LogP contribution in [-0.2, 0) is 0 Å². The lowest BCUT2D eigenvalue weighted by molar-refractivity contribution is 0.408. The average Bonchev–Trinajstić information content (AvgIpc) is 2.17. The number of benzene rings is 1. The van der Waals surface area contributed by atoms with Crippen LogP contribution in [0.25, 0.3) is 0 Å². The Kier molecular flexibility index (Phi) is 4.15. The van der Waals surface area contributed by atoms with E-state index in [-0.39, 0.29) is 6.04 Å². The maximum atomic E-state index is 6.09. The zero-order chi connectivity index (χ0) is 11.4. The molecule has 0 amide bonds. The Morgan fingerprint density at radius 3 is 2.20 bits per heavy atom. The third-order valence-corrected chi connectivity index (χ3v) is 2.71. The molecule has 1 aromatic carbocycles. The van der Waals surface area contributed by atoms with E-state index in [2.05, 4.69) is 32.9 Å². The monoisotopic (exact) mass is 207 g/mol. The first-order valence-electron chi connectivity index (χ1n) is 5.50. The Balaban J connectivity index is 3.02. The van der Waals surface area contributed by atoms with Gasteiger partial charge >= 0.3 is 0 Å². The Hall–Kier alpha value is -1.02. The number of aryl methyl sites for hydroxylation is 2. The third kappa shape index (κ3) is 2.72. The van der Waals surface area contributed by atoms with Crippen LogP contribution in [0.2, 0.25) is 0 Å². The van der Waals surface area contributed by atoms with Gasteiger partial charge in [0.1, 0.15) is 5.75 Å². The quantitative estimate of drug-likeness (QED) is 0.823. The summed E-state index contributed by atoms with van der Waals surface area (Å²) in [6.45, 7) is 6.28. The largest absolute Gasteiger partial charge is 0.496 e. The normalized spacial score (nSPS) is 12.6. The highest BCUT2D eigenvalue weighted by molar-refractivity contribution is 5.44. The van der Waals surface area contributed by atoms with Crippen LogP contribution in [0.15, 0.2) is 12.1 Å². The standard InChI is InChI=1S/C13H21NO/c1-5-6-12(14)11-7-9(2)13(15-4)10(3)8-11/h7-8,12H,5-6,14H2,1-4H3/t12-/m1/s1. The van der Waals surface area contributed by atoms with Crippen molar-refractivity contribution >= 4 is 0 Å². The molecule has 0 aliphatic heterocycles. The predicted molar refractivity (Wildman–Crippen MR) is 64.3 cm³/mol. The van der Waals surface area contributed by atoms with Crippen LogP contribution >= 0.6 is 0 Å². The van der Waals surface area contributed by atoms with E-state index in [0.717, 1.165) is 18.6 Å². The van der Waals surface area contributed by atoms with Crippen molar-refractivity contribution in [3.05, 3.63) is 28.8 Å². The summed E-state index contributed by atoms with van der Waals surface area (Å²) in [5, 5.41) is 0. The molecule has 1 aromatic rings. The first-order valence-corrected chi connectivity index (χ1v) is 5.50. The van der Waals surface area contributed by atoms with Crippen molar-refractivity contribution in [2.75, 3.05) is 7.11 Å². The van der Waals surface area contributed by atoms with Crippen LogP contribution in [0, 0.1) is 13.8 Å². The molecule has 0 bridgehead atoms. The highest BCUT2D eigenvalue weighted by atomic mass is 16.5. The van der Waals surface area contributed by atoms with Gasteiger partial charge in [-0.2, -0.15) is 0 Å². The third-order valence-electron chi connectivity index (χ3n) is 2.71. The molecule has 0 spiro atoms. The lowest BCUT2D eigenvalue weighted by Gasteiger charge is -2.15. The minimum atomic E-state index is 0.151.